The molecule has 0 spiro atoms. The number of hydrogen-bond acceptors (Lipinski definition) is 2. The van der Waals surface area contributed by atoms with Crippen LogP contribution in [0.5, 0.6) is 0 Å². The molecule has 8 heteroatoms. The van der Waals surface area contributed by atoms with Gasteiger partial charge in [0.05, 0.1) is 18.3 Å². The van der Waals surface area contributed by atoms with E-state index in [1.807, 2.05) is 0 Å². The van der Waals surface area contributed by atoms with E-state index in [0.717, 1.165) is 18.2 Å². The highest BCUT2D eigenvalue weighted by Gasteiger charge is 2.30. The van der Waals surface area contributed by atoms with Gasteiger partial charge in [-0.2, -0.15) is 13.2 Å². The zero-order chi connectivity index (χ0) is 17.7. The summed E-state index contributed by atoms with van der Waals surface area (Å²) in [4.78, 5) is 13.0. The number of benzene rings is 1. The quantitative estimate of drug-likeness (QED) is 0.600. The van der Waals surface area contributed by atoms with Gasteiger partial charge in [0.1, 0.15) is 0 Å². The molecule has 1 aromatic rings. The fourth-order valence-corrected chi connectivity index (χ4v) is 2.33. The third-order valence-electron chi connectivity index (χ3n) is 3.61. The minimum Gasteiger partial charge on any atom is -0.372 e. The first-order valence-electron chi connectivity index (χ1n) is 7.28. The molecule has 1 saturated heterocycles. The first kappa shape index (κ1) is 18.4. The van der Waals surface area contributed by atoms with Crippen LogP contribution in [0.15, 0.2) is 36.4 Å². The van der Waals surface area contributed by atoms with E-state index < -0.39 is 24.1 Å². The van der Waals surface area contributed by atoms with Crippen LogP contribution in [0.3, 0.4) is 0 Å². The summed E-state index contributed by atoms with van der Waals surface area (Å²) in [5.41, 5.74) is -0.139. The normalized spacial score (nSPS) is 18.8. The van der Waals surface area contributed by atoms with Gasteiger partial charge in [-0.05, 0) is 30.2 Å². The van der Waals surface area contributed by atoms with Gasteiger partial charge in [-0.3, -0.25) is 4.79 Å². The van der Waals surface area contributed by atoms with Crippen molar-refractivity contribution in [2.75, 3.05) is 13.1 Å². The van der Waals surface area contributed by atoms with Crippen LogP contribution >= 0.6 is 0 Å². The summed E-state index contributed by atoms with van der Waals surface area (Å²) in [5.74, 6) is -0.504. The summed E-state index contributed by atoms with van der Waals surface area (Å²) in [6, 6.07) is 4.65. The third kappa shape index (κ3) is 5.30. The van der Waals surface area contributed by atoms with E-state index in [1.165, 1.54) is 17.0 Å². The number of ether oxygens (including phenoxy) is 1. The van der Waals surface area contributed by atoms with E-state index in [9.17, 15) is 26.7 Å². The highest BCUT2D eigenvalue weighted by Crippen LogP contribution is 2.29. The monoisotopic (exact) mass is 349 g/mol. The molecule has 0 aromatic heterocycles. The van der Waals surface area contributed by atoms with Crippen molar-refractivity contribution in [1.82, 2.24) is 4.90 Å². The van der Waals surface area contributed by atoms with Gasteiger partial charge in [0.15, 0.2) is 0 Å². The Bertz CT molecular complexity index is 583. The third-order valence-corrected chi connectivity index (χ3v) is 3.61. The van der Waals surface area contributed by atoms with Crippen molar-refractivity contribution in [2.45, 2.75) is 31.7 Å². The molecule has 1 heterocycles. The molecule has 132 valence electrons. The Kier molecular flexibility index (Phi) is 5.93. The van der Waals surface area contributed by atoms with Crippen LogP contribution in [-0.4, -0.2) is 36.4 Å². The number of rotatable bonds is 5. The molecule has 1 aromatic carbocycles. The van der Waals surface area contributed by atoms with Crippen molar-refractivity contribution in [3.05, 3.63) is 47.5 Å². The average Bonchev–Trinajstić information content (AvgIpc) is 2.99. The number of allylic oxidation sites excluding steroid dienone is 1. The standard InChI is InChI=1S/C16H16F5NO2/c17-14(18)5-6-15(23)22-8-7-13(9-22)24-10-11-1-3-12(4-2-11)16(19,20)21/h1-6,13-14H,7-10H2/b6-5+/t13-/m0/s1. The Morgan fingerprint density at radius 3 is 2.54 bits per heavy atom. The maximum absolute atomic E-state index is 12.5. The second-order valence-corrected chi connectivity index (χ2v) is 5.39. The first-order valence-corrected chi connectivity index (χ1v) is 7.28. The molecule has 1 amide bonds. The molecule has 24 heavy (non-hydrogen) atoms. The minimum atomic E-state index is -4.38. The highest BCUT2D eigenvalue weighted by molar-refractivity contribution is 5.87. The Morgan fingerprint density at radius 1 is 1.29 bits per heavy atom. The minimum absolute atomic E-state index is 0.123. The van der Waals surface area contributed by atoms with Crippen LogP contribution in [0, 0.1) is 0 Å². The molecule has 0 aliphatic carbocycles. The second-order valence-electron chi connectivity index (χ2n) is 5.39. The molecule has 1 aliphatic heterocycles. The Balaban J connectivity index is 1.80. The van der Waals surface area contributed by atoms with Crippen LogP contribution in [0.25, 0.3) is 0 Å². The largest absolute Gasteiger partial charge is 0.416 e. The molecule has 0 bridgehead atoms. The van der Waals surface area contributed by atoms with Gasteiger partial charge < -0.3 is 9.64 Å². The van der Waals surface area contributed by atoms with Crippen molar-refractivity contribution in [1.29, 1.82) is 0 Å². The zero-order valence-corrected chi connectivity index (χ0v) is 12.6. The molecule has 2 rings (SSSR count). The summed E-state index contributed by atoms with van der Waals surface area (Å²) in [5, 5.41) is 0. The molecular weight excluding hydrogens is 333 g/mol. The van der Waals surface area contributed by atoms with Crippen molar-refractivity contribution in [3.63, 3.8) is 0 Å². The number of carbonyl (C=O) groups excluding carboxylic acids is 1. The van der Waals surface area contributed by atoms with Crippen molar-refractivity contribution in [3.8, 4) is 0 Å². The first-order chi connectivity index (χ1) is 11.3. The number of alkyl halides is 5. The van der Waals surface area contributed by atoms with Gasteiger partial charge in [-0.1, -0.05) is 12.1 Å². The van der Waals surface area contributed by atoms with Crippen LogP contribution in [0.1, 0.15) is 17.5 Å². The number of hydrogen-bond donors (Lipinski definition) is 0. The Labute approximate surface area is 135 Å². The number of amides is 1. The lowest BCUT2D eigenvalue weighted by atomic mass is 10.1. The van der Waals surface area contributed by atoms with Gasteiger partial charge >= 0.3 is 6.18 Å². The maximum Gasteiger partial charge on any atom is 0.416 e. The molecule has 1 atom stereocenters. The van der Waals surface area contributed by atoms with Gasteiger partial charge in [0, 0.05) is 19.2 Å². The second kappa shape index (κ2) is 7.74. The van der Waals surface area contributed by atoms with Crippen molar-refractivity contribution < 1.29 is 31.5 Å². The molecule has 0 radical (unpaired) electrons. The van der Waals surface area contributed by atoms with Crippen molar-refractivity contribution in [2.24, 2.45) is 0 Å². The summed E-state index contributed by atoms with van der Waals surface area (Å²) >= 11 is 0. The topological polar surface area (TPSA) is 29.5 Å². The van der Waals surface area contributed by atoms with E-state index in [4.69, 9.17) is 4.74 Å². The van der Waals surface area contributed by atoms with Crippen LogP contribution in [0.2, 0.25) is 0 Å². The molecule has 0 N–H and O–H groups in total. The lowest BCUT2D eigenvalue weighted by Crippen LogP contribution is -2.28. The predicted molar refractivity (Wildman–Crippen MR) is 76.4 cm³/mol. The van der Waals surface area contributed by atoms with E-state index in [-0.39, 0.29) is 19.3 Å². The van der Waals surface area contributed by atoms with Gasteiger partial charge in [-0.15, -0.1) is 0 Å². The number of likely N-dealkylation sites (tertiary alicyclic amines) is 1. The fourth-order valence-electron chi connectivity index (χ4n) is 2.33. The smallest absolute Gasteiger partial charge is 0.372 e. The van der Waals surface area contributed by atoms with Gasteiger partial charge in [0.25, 0.3) is 6.43 Å². The van der Waals surface area contributed by atoms with E-state index >= 15 is 0 Å². The van der Waals surface area contributed by atoms with Gasteiger partial charge in [0.2, 0.25) is 5.91 Å². The van der Waals surface area contributed by atoms with Crippen LogP contribution in [-0.2, 0) is 22.3 Å². The summed E-state index contributed by atoms with van der Waals surface area (Å²) in [6.07, 6.45) is -5.41. The molecule has 3 nitrogen and oxygen atoms in total. The average molecular weight is 349 g/mol. The van der Waals surface area contributed by atoms with Crippen LogP contribution < -0.4 is 0 Å². The summed E-state index contributed by atoms with van der Waals surface area (Å²) in [6.45, 7) is 0.787. The lowest BCUT2D eigenvalue weighted by molar-refractivity contribution is -0.137. The molecule has 1 fully saturated rings. The maximum atomic E-state index is 12.5. The SMILES string of the molecule is O=C(/C=C/C(F)F)N1CC[C@H](OCc2ccc(C(F)(F)F)cc2)C1. The van der Waals surface area contributed by atoms with Crippen LogP contribution in [0.4, 0.5) is 22.0 Å². The molecule has 0 unspecified atom stereocenters. The Morgan fingerprint density at radius 2 is 1.96 bits per heavy atom. The molecule has 0 saturated carbocycles. The van der Waals surface area contributed by atoms with E-state index in [2.05, 4.69) is 0 Å². The predicted octanol–water partition coefficient (Wildman–Crippen LogP) is 3.64. The highest BCUT2D eigenvalue weighted by atomic mass is 19.4. The number of halogens is 5. The van der Waals surface area contributed by atoms with E-state index in [0.29, 0.717) is 24.6 Å². The summed E-state index contributed by atoms with van der Waals surface area (Å²) < 4.78 is 67.0. The zero-order valence-electron chi connectivity index (χ0n) is 12.6. The summed E-state index contributed by atoms with van der Waals surface area (Å²) in [7, 11) is 0. The van der Waals surface area contributed by atoms with Gasteiger partial charge in [-0.25, -0.2) is 8.78 Å². The van der Waals surface area contributed by atoms with E-state index in [1.54, 1.807) is 0 Å². The number of carbonyl (C=O) groups is 1. The fraction of sp³-hybridized carbons (Fsp3) is 0.438. The molecule has 1 aliphatic rings. The number of nitrogens with zero attached hydrogens (tertiary/aromatic N) is 1. The lowest BCUT2D eigenvalue weighted by Gasteiger charge is -2.15. The van der Waals surface area contributed by atoms with Crippen molar-refractivity contribution >= 4 is 5.91 Å². The Hall–Kier alpha value is -1.96. The molecular formula is C16H16F5NO2.